The number of aromatic nitrogens is 1. The molecule has 0 bridgehead atoms. The summed E-state index contributed by atoms with van der Waals surface area (Å²) < 4.78 is 6.69. The highest BCUT2D eigenvalue weighted by Crippen LogP contribution is 2.11. The van der Waals surface area contributed by atoms with Crippen LogP contribution in [0.15, 0.2) is 41.2 Å². The second-order valence-electron chi connectivity index (χ2n) is 4.54. The van der Waals surface area contributed by atoms with Gasteiger partial charge in [-0.15, -0.1) is 0 Å². The fraction of sp³-hybridized carbons (Fsp3) is 0.214. The van der Waals surface area contributed by atoms with Crippen LogP contribution >= 0.6 is 0 Å². The lowest BCUT2D eigenvalue weighted by Crippen LogP contribution is -2.32. The normalized spacial score (nSPS) is 10.4. The molecule has 1 aromatic heterocycles. The molecular formula is C14H16BNO4. The Labute approximate surface area is 117 Å². The van der Waals surface area contributed by atoms with Crippen LogP contribution < -0.4 is 15.8 Å². The van der Waals surface area contributed by atoms with Crippen LogP contribution in [-0.4, -0.2) is 28.8 Å². The zero-order valence-corrected chi connectivity index (χ0v) is 11.4. The maximum Gasteiger partial charge on any atom is 0.492 e. The number of rotatable bonds is 4. The number of methoxy groups -OCH3 is 1. The zero-order chi connectivity index (χ0) is 14.7. The molecule has 2 rings (SSSR count). The van der Waals surface area contributed by atoms with Crippen molar-refractivity contribution in [2.75, 3.05) is 7.11 Å². The van der Waals surface area contributed by atoms with Crippen molar-refractivity contribution in [3.8, 4) is 5.75 Å². The molecule has 1 heterocycles. The highest BCUT2D eigenvalue weighted by molar-refractivity contribution is 6.59. The maximum absolute atomic E-state index is 11.8. The summed E-state index contributed by atoms with van der Waals surface area (Å²) in [5, 5.41) is 18.7. The van der Waals surface area contributed by atoms with Gasteiger partial charge in [-0.05, 0) is 24.6 Å². The highest BCUT2D eigenvalue weighted by atomic mass is 16.5. The third kappa shape index (κ3) is 2.92. The number of benzene rings is 1. The molecule has 0 saturated carbocycles. The van der Waals surface area contributed by atoms with Crippen molar-refractivity contribution in [1.82, 2.24) is 4.57 Å². The van der Waals surface area contributed by atoms with Gasteiger partial charge in [-0.1, -0.05) is 18.2 Å². The highest BCUT2D eigenvalue weighted by Gasteiger charge is 2.17. The minimum absolute atomic E-state index is 0.0908. The predicted octanol–water partition coefficient (Wildman–Crippen LogP) is -0.107. The Morgan fingerprint density at radius 3 is 2.60 bits per heavy atom. The Hall–Kier alpha value is -2.05. The molecule has 2 N–H and O–H groups in total. The van der Waals surface area contributed by atoms with Gasteiger partial charge in [0.2, 0.25) is 0 Å². The summed E-state index contributed by atoms with van der Waals surface area (Å²) in [7, 11) is -0.147. The summed E-state index contributed by atoms with van der Waals surface area (Å²) in [5.41, 5.74) is 1.84. The molecule has 0 saturated heterocycles. The van der Waals surface area contributed by atoms with Gasteiger partial charge in [0, 0.05) is 17.2 Å². The molecular weight excluding hydrogens is 257 g/mol. The van der Waals surface area contributed by atoms with E-state index in [-0.39, 0.29) is 11.0 Å². The maximum atomic E-state index is 11.8. The van der Waals surface area contributed by atoms with Crippen molar-refractivity contribution in [3.63, 3.8) is 0 Å². The molecule has 0 fully saturated rings. The van der Waals surface area contributed by atoms with E-state index < -0.39 is 7.12 Å². The number of hydrogen-bond donors (Lipinski definition) is 2. The zero-order valence-electron chi connectivity index (χ0n) is 11.4. The Balaban J connectivity index is 2.40. The van der Waals surface area contributed by atoms with Gasteiger partial charge >= 0.3 is 7.12 Å². The Bertz CT molecular complexity index is 666. The van der Waals surface area contributed by atoms with E-state index in [1.807, 2.05) is 13.0 Å². The van der Waals surface area contributed by atoms with Crippen LogP contribution in [0.4, 0.5) is 0 Å². The monoisotopic (exact) mass is 273 g/mol. The van der Waals surface area contributed by atoms with E-state index in [0.717, 1.165) is 11.3 Å². The Morgan fingerprint density at radius 1 is 1.25 bits per heavy atom. The summed E-state index contributed by atoms with van der Waals surface area (Å²) in [6, 6.07) is 10.1. The Kier molecular flexibility index (Phi) is 4.27. The largest absolute Gasteiger partial charge is 0.497 e. The van der Waals surface area contributed by atoms with E-state index in [9.17, 15) is 14.8 Å². The van der Waals surface area contributed by atoms with Gasteiger partial charge in [0.1, 0.15) is 5.75 Å². The molecule has 0 spiro atoms. The third-order valence-corrected chi connectivity index (χ3v) is 3.18. The lowest BCUT2D eigenvalue weighted by molar-refractivity contribution is 0.403. The molecule has 0 aliphatic rings. The average molecular weight is 273 g/mol. The van der Waals surface area contributed by atoms with Crippen molar-refractivity contribution in [1.29, 1.82) is 0 Å². The molecule has 0 aliphatic carbocycles. The molecule has 1 aromatic carbocycles. The molecule has 2 aromatic rings. The van der Waals surface area contributed by atoms with Gasteiger partial charge in [-0.2, -0.15) is 0 Å². The molecule has 0 radical (unpaired) electrons. The average Bonchev–Trinajstić information content (AvgIpc) is 2.43. The van der Waals surface area contributed by atoms with Crippen molar-refractivity contribution >= 4 is 12.6 Å². The van der Waals surface area contributed by atoms with Crippen LogP contribution in [0, 0.1) is 6.92 Å². The van der Waals surface area contributed by atoms with Gasteiger partial charge in [0.15, 0.2) is 0 Å². The fourth-order valence-corrected chi connectivity index (χ4v) is 2.09. The molecule has 0 atom stereocenters. The first-order valence-electron chi connectivity index (χ1n) is 6.22. The van der Waals surface area contributed by atoms with Gasteiger partial charge in [0.25, 0.3) is 5.56 Å². The summed E-state index contributed by atoms with van der Waals surface area (Å²) in [6.45, 7) is 2.22. The summed E-state index contributed by atoms with van der Waals surface area (Å²) >= 11 is 0. The minimum atomic E-state index is -1.61. The van der Waals surface area contributed by atoms with E-state index in [1.54, 1.807) is 28.8 Å². The van der Waals surface area contributed by atoms with Gasteiger partial charge < -0.3 is 19.4 Å². The molecule has 20 heavy (non-hydrogen) atoms. The lowest BCUT2D eigenvalue weighted by Gasteiger charge is -2.13. The van der Waals surface area contributed by atoms with Crippen LogP contribution in [-0.2, 0) is 6.54 Å². The van der Waals surface area contributed by atoms with Crippen molar-refractivity contribution in [2.45, 2.75) is 13.5 Å². The second-order valence-corrected chi connectivity index (χ2v) is 4.54. The first kappa shape index (κ1) is 14.4. The smallest absolute Gasteiger partial charge is 0.492 e. The summed E-state index contributed by atoms with van der Waals surface area (Å²) in [5.74, 6) is 0.404. The third-order valence-electron chi connectivity index (χ3n) is 3.18. The SMILES string of the molecule is COc1ccc(Cn2c(C)cccc2=O)cc1B(O)O. The first-order chi connectivity index (χ1) is 9.52. The van der Waals surface area contributed by atoms with E-state index in [2.05, 4.69) is 0 Å². The van der Waals surface area contributed by atoms with Crippen molar-refractivity contribution in [2.24, 2.45) is 0 Å². The number of hydrogen-bond acceptors (Lipinski definition) is 4. The van der Waals surface area contributed by atoms with Gasteiger partial charge in [-0.3, -0.25) is 4.79 Å². The van der Waals surface area contributed by atoms with Crippen molar-refractivity contribution < 1.29 is 14.8 Å². The number of ether oxygens (including phenoxy) is 1. The van der Waals surface area contributed by atoms with Crippen LogP contribution in [0.2, 0.25) is 0 Å². The predicted molar refractivity (Wildman–Crippen MR) is 77.4 cm³/mol. The summed E-state index contributed by atoms with van der Waals surface area (Å²) in [4.78, 5) is 11.8. The minimum Gasteiger partial charge on any atom is -0.497 e. The van der Waals surface area contributed by atoms with E-state index in [1.165, 1.54) is 13.2 Å². The number of nitrogens with zero attached hydrogens (tertiary/aromatic N) is 1. The number of pyridine rings is 1. The van der Waals surface area contributed by atoms with Crippen LogP contribution in [0.1, 0.15) is 11.3 Å². The van der Waals surface area contributed by atoms with E-state index in [0.29, 0.717) is 12.3 Å². The fourth-order valence-electron chi connectivity index (χ4n) is 2.09. The molecule has 0 unspecified atom stereocenters. The van der Waals surface area contributed by atoms with E-state index >= 15 is 0 Å². The van der Waals surface area contributed by atoms with E-state index in [4.69, 9.17) is 4.74 Å². The molecule has 0 amide bonds. The van der Waals surface area contributed by atoms with Crippen LogP contribution in [0.5, 0.6) is 5.75 Å². The second kappa shape index (κ2) is 5.94. The Morgan fingerprint density at radius 2 is 2.00 bits per heavy atom. The molecule has 6 heteroatoms. The standard InChI is InChI=1S/C14H16BNO4/c1-10-4-3-5-14(17)16(10)9-11-6-7-13(20-2)12(8-11)15(18)19/h3-8,18-19H,9H2,1-2H3. The molecule has 104 valence electrons. The topological polar surface area (TPSA) is 71.7 Å². The quantitative estimate of drug-likeness (QED) is 0.763. The molecule has 5 nitrogen and oxygen atoms in total. The van der Waals surface area contributed by atoms with Crippen molar-refractivity contribution in [3.05, 3.63) is 58.0 Å². The van der Waals surface area contributed by atoms with Crippen LogP contribution in [0.3, 0.4) is 0 Å². The molecule has 0 aliphatic heterocycles. The number of aryl methyl sites for hydroxylation is 1. The lowest BCUT2D eigenvalue weighted by atomic mass is 9.78. The van der Waals surface area contributed by atoms with Gasteiger partial charge in [-0.25, -0.2) is 0 Å². The van der Waals surface area contributed by atoms with Gasteiger partial charge in [0.05, 0.1) is 13.7 Å². The van der Waals surface area contributed by atoms with Crippen LogP contribution in [0.25, 0.3) is 0 Å². The first-order valence-corrected chi connectivity index (χ1v) is 6.22. The summed E-state index contributed by atoms with van der Waals surface area (Å²) in [6.07, 6.45) is 0.